The lowest BCUT2D eigenvalue weighted by atomic mass is 9.94. The zero-order valence-electron chi connectivity index (χ0n) is 18.2. The third-order valence-corrected chi connectivity index (χ3v) is 6.24. The third kappa shape index (κ3) is 4.23. The fraction of sp³-hybridized carbons (Fsp3) is 0.154. The van der Waals surface area contributed by atoms with Crippen LogP contribution in [0, 0.1) is 20.8 Å². The predicted molar refractivity (Wildman–Crippen MR) is 135 cm³/mol. The summed E-state index contributed by atoms with van der Waals surface area (Å²) in [5, 5.41) is 4.27. The minimum Gasteiger partial charge on any atom is -0.497 e. The van der Waals surface area contributed by atoms with E-state index in [0.29, 0.717) is 16.3 Å². The van der Waals surface area contributed by atoms with Crippen LogP contribution in [0.4, 0.5) is 5.69 Å². The van der Waals surface area contributed by atoms with Gasteiger partial charge >= 0.3 is 0 Å². The molecule has 162 valence electrons. The highest BCUT2D eigenvalue weighted by atomic mass is 79.9. The Morgan fingerprint density at radius 3 is 2.41 bits per heavy atom. The van der Waals surface area contributed by atoms with Crippen LogP contribution < -0.4 is 10.1 Å². The van der Waals surface area contributed by atoms with E-state index in [1.165, 1.54) is 0 Å². The number of carbonyl (C=O) groups excluding carboxylic acids is 1. The summed E-state index contributed by atoms with van der Waals surface area (Å²) in [6, 6.07) is 17.2. The Hall–Kier alpha value is -2.89. The zero-order valence-corrected chi connectivity index (χ0v) is 20.6. The van der Waals surface area contributed by atoms with E-state index in [0.717, 1.165) is 49.1 Å². The summed E-state index contributed by atoms with van der Waals surface area (Å²) in [5.74, 6) is 0.542. The number of fused-ring (bicyclic) bond motifs is 1. The van der Waals surface area contributed by atoms with Crippen molar-refractivity contribution in [2.45, 2.75) is 20.8 Å². The van der Waals surface area contributed by atoms with Crippen LogP contribution in [0.3, 0.4) is 0 Å². The van der Waals surface area contributed by atoms with Crippen molar-refractivity contribution in [1.29, 1.82) is 0 Å². The molecule has 0 saturated heterocycles. The standard InChI is InChI=1S/C26H22BrClN2O2/c1-14-11-15(2)24-20(12-14)23(26(31)29-22-10-7-18(27)13-21(22)28)16(3)25(30-24)17-5-8-19(32-4)9-6-17/h5-13H,1-4H3,(H,29,31). The maximum Gasteiger partial charge on any atom is 0.256 e. The van der Waals surface area contributed by atoms with E-state index in [1.54, 1.807) is 19.2 Å². The average molecular weight is 510 g/mol. The molecule has 1 amide bonds. The van der Waals surface area contributed by atoms with Gasteiger partial charge in [-0.2, -0.15) is 0 Å². The van der Waals surface area contributed by atoms with Gasteiger partial charge in [0.1, 0.15) is 5.75 Å². The first-order valence-corrected chi connectivity index (χ1v) is 11.3. The first kappa shape index (κ1) is 22.3. The van der Waals surface area contributed by atoms with Crippen molar-refractivity contribution in [3.8, 4) is 17.0 Å². The second kappa shape index (κ2) is 8.93. The molecule has 0 bridgehead atoms. The molecule has 0 aliphatic carbocycles. The van der Waals surface area contributed by atoms with Crippen molar-refractivity contribution in [2.24, 2.45) is 0 Å². The Balaban J connectivity index is 1.92. The van der Waals surface area contributed by atoms with Crippen molar-refractivity contribution in [2.75, 3.05) is 12.4 Å². The fourth-order valence-corrected chi connectivity index (χ4v) is 4.63. The molecular formula is C26H22BrClN2O2. The van der Waals surface area contributed by atoms with E-state index in [2.05, 4.69) is 27.3 Å². The molecule has 1 aromatic heterocycles. The molecule has 4 aromatic rings. The molecule has 0 saturated carbocycles. The first-order valence-electron chi connectivity index (χ1n) is 10.1. The number of benzene rings is 3. The number of pyridine rings is 1. The Bertz CT molecular complexity index is 1350. The van der Waals surface area contributed by atoms with Crippen LogP contribution in [0.5, 0.6) is 5.75 Å². The molecule has 6 heteroatoms. The Morgan fingerprint density at radius 2 is 1.75 bits per heavy atom. The van der Waals surface area contributed by atoms with Gasteiger partial charge in [-0.25, -0.2) is 4.98 Å². The van der Waals surface area contributed by atoms with Crippen LogP contribution in [0.1, 0.15) is 27.0 Å². The maximum atomic E-state index is 13.6. The number of amides is 1. The number of aryl methyl sites for hydroxylation is 2. The van der Waals surface area contributed by atoms with E-state index < -0.39 is 0 Å². The number of carbonyl (C=O) groups is 1. The minimum atomic E-state index is -0.223. The molecule has 4 nitrogen and oxygen atoms in total. The highest BCUT2D eigenvalue weighted by Gasteiger charge is 2.21. The van der Waals surface area contributed by atoms with Crippen LogP contribution in [0.25, 0.3) is 22.2 Å². The maximum absolute atomic E-state index is 13.6. The van der Waals surface area contributed by atoms with Crippen molar-refractivity contribution < 1.29 is 9.53 Å². The fourth-order valence-electron chi connectivity index (χ4n) is 3.91. The summed E-state index contributed by atoms with van der Waals surface area (Å²) in [4.78, 5) is 18.5. The van der Waals surface area contributed by atoms with E-state index in [9.17, 15) is 4.79 Å². The molecule has 0 aliphatic rings. The monoisotopic (exact) mass is 508 g/mol. The normalized spacial score (nSPS) is 10.9. The second-order valence-electron chi connectivity index (χ2n) is 7.75. The predicted octanol–water partition coefficient (Wildman–Crippen LogP) is 7.50. The Labute approximate surface area is 200 Å². The third-order valence-electron chi connectivity index (χ3n) is 5.44. The zero-order chi connectivity index (χ0) is 23.0. The van der Waals surface area contributed by atoms with Crippen molar-refractivity contribution >= 4 is 50.0 Å². The topological polar surface area (TPSA) is 51.2 Å². The molecule has 0 radical (unpaired) electrons. The summed E-state index contributed by atoms with van der Waals surface area (Å²) >= 11 is 9.76. The van der Waals surface area contributed by atoms with E-state index in [-0.39, 0.29) is 5.91 Å². The quantitative estimate of drug-likeness (QED) is 0.310. The number of aromatic nitrogens is 1. The molecule has 0 aliphatic heterocycles. The number of nitrogens with one attached hydrogen (secondary N) is 1. The number of anilines is 1. The average Bonchev–Trinajstić information content (AvgIpc) is 2.75. The number of ether oxygens (including phenoxy) is 1. The lowest BCUT2D eigenvalue weighted by Gasteiger charge is -2.17. The van der Waals surface area contributed by atoms with E-state index in [4.69, 9.17) is 21.3 Å². The largest absolute Gasteiger partial charge is 0.497 e. The molecule has 0 unspecified atom stereocenters. The molecule has 0 spiro atoms. The molecule has 1 N–H and O–H groups in total. The van der Waals surface area contributed by atoms with Gasteiger partial charge in [0.05, 0.1) is 34.6 Å². The Morgan fingerprint density at radius 1 is 1.03 bits per heavy atom. The number of nitrogens with zero attached hydrogens (tertiary/aromatic N) is 1. The molecule has 0 atom stereocenters. The van der Waals surface area contributed by atoms with Crippen LogP contribution in [0.2, 0.25) is 5.02 Å². The summed E-state index contributed by atoms with van der Waals surface area (Å²) in [5.41, 5.74) is 6.53. The molecular weight excluding hydrogens is 488 g/mol. The van der Waals surface area contributed by atoms with Gasteiger partial charge in [0.2, 0.25) is 0 Å². The Kier molecular flexibility index (Phi) is 6.22. The SMILES string of the molecule is COc1ccc(-c2nc3c(C)cc(C)cc3c(C(=O)Nc3ccc(Br)cc3Cl)c2C)cc1. The highest BCUT2D eigenvalue weighted by molar-refractivity contribution is 9.10. The van der Waals surface area contributed by atoms with Crippen LogP contribution in [0.15, 0.2) is 59.1 Å². The minimum absolute atomic E-state index is 0.223. The molecule has 4 rings (SSSR count). The van der Waals surface area contributed by atoms with Gasteiger partial charge < -0.3 is 10.1 Å². The van der Waals surface area contributed by atoms with Gasteiger partial charge in [-0.05, 0) is 80.4 Å². The molecule has 3 aromatic carbocycles. The van der Waals surface area contributed by atoms with Gasteiger partial charge in [0, 0.05) is 15.4 Å². The molecule has 1 heterocycles. The van der Waals surface area contributed by atoms with Gasteiger partial charge in [-0.3, -0.25) is 4.79 Å². The van der Waals surface area contributed by atoms with Gasteiger partial charge in [-0.1, -0.05) is 39.2 Å². The van der Waals surface area contributed by atoms with E-state index >= 15 is 0 Å². The number of rotatable bonds is 4. The number of methoxy groups -OCH3 is 1. The van der Waals surface area contributed by atoms with Gasteiger partial charge in [-0.15, -0.1) is 0 Å². The smallest absolute Gasteiger partial charge is 0.256 e. The summed E-state index contributed by atoms with van der Waals surface area (Å²) in [6.45, 7) is 5.97. The number of hydrogen-bond donors (Lipinski definition) is 1. The lowest BCUT2D eigenvalue weighted by molar-refractivity contribution is 0.102. The van der Waals surface area contributed by atoms with Crippen LogP contribution >= 0.6 is 27.5 Å². The van der Waals surface area contributed by atoms with Crippen molar-refractivity contribution in [1.82, 2.24) is 4.98 Å². The van der Waals surface area contributed by atoms with Crippen LogP contribution in [-0.2, 0) is 0 Å². The van der Waals surface area contributed by atoms with Gasteiger partial charge in [0.15, 0.2) is 0 Å². The highest BCUT2D eigenvalue weighted by Crippen LogP contribution is 2.34. The van der Waals surface area contributed by atoms with Crippen molar-refractivity contribution in [3.63, 3.8) is 0 Å². The summed E-state index contributed by atoms with van der Waals surface area (Å²) in [7, 11) is 1.63. The number of halogens is 2. The van der Waals surface area contributed by atoms with Gasteiger partial charge in [0.25, 0.3) is 5.91 Å². The molecule has 0 fully saturated rings. The first-order chi connectivity index (χ1) is 15.3. The second-order valence-corrected chi connectivity index (χ2v) is 9.07. The lowest BCUT2D eigenvalue weighted by Crippen LogP contribution is -2.16. The number of hydrogen-bond acceptors (Lipinski definition) is 3. The summed E-state index contributed by atoms with van der Waals surface area (Å²) < 4.78 is 6.13. The summed E-state index contributed by atoms with van der Waals surface area (Å²) in [6.07, 6.45) is 0. The van der Waals surface area contributed by atoms with Crippen molar-refractivity contribution in [3.05, 3.63) is 86.3 Å². The van der Waals surface area contributed by atoms with Crippen LogP contribution in [-0.4, -0.2) is 18.0 Å². The van der Waals surface area contributed by atoms with E-state index in [1.807, 2.05) is 57.2 Å². The molecule has 32 heavy (non-hydrogen) atoms.